The summed E-state index contributed by atoms with van der Waals surface area (Å²) in [7, 11) is 0. The lowest BCUT2D eigenvalue weighted by Gasteiger charge is -2.19. The number of amides is 3. The number of halogens is 1. The van der Waals surface area contributed by atoms with Crippen molar-refractivity contribution < 1.29 is 14.0 Å². The van der Waals surface area contributed by atoms with Gasteiger partial charge in [-0.2, -0.15) is 0 Å². The van der Waals surface area contributed by atoms with Gasteiger partial charge < -0.3 is 10.6 Å². The van der Waals surface area contributed by atoms with Crippen LogP contribution in [0, 0.1) is 5.82 Å². The Morgan fingerprint density at radius 1 is 1.10 bits per heavy atom. The lowest BCUT2D eigenvalue weighted by Crippen LogP contribution is -2.33. The van der Waals surface area contributed by atoms with Crippen molar-refractivity contribution in [3.8, 4) is 0 Å². The van der Waals surface area contributed by atoms with Gasteiger partial charge in [0.15, 0.2) is 0 Å². The fraction of sp³-hybridized carbons (Fsp3) is 0.174. The first-order chi connectivity index (χ1) is 14.5. The molecule has 30 heavy (non-hydrogen) atoms. The first-order valence-corrected chi connectivity index (χ1v) is 9.69. The lowest BCUT2D eigenvalue weighted by atomic mass is 10.0. The van der Waals surface area contributed by atoms with E-state index < -0.39 is 0 Å². The Bertz CT molecular complexity index is 1070. The van der Waals surface area contributed by atoms with Crippen molar-refractivity contribution in [3.63, 3.8) is 0 Å². The van der Waals surface area contributed by atoms with Crippen molar-refractivity contribution in [2.75, 3.05) is 16.8 Å². The SMILES string of the molecule is C[C@@H](NC(=O)c1cccc2c1CCN2C(=O)Nc1ccc(F)cc1)c1cccnc1. The summed E-state index contributed by atoms with van der Waals surface area (Å²) in [6.07, 6.45) is 3.99. The maximum absolute atomic E-state index is 13.1. The monoisotopic (exact) mass is 404 g/mol. The molecule has 7 heteroatoms. The number of aromatic nitrogens is 1. The summed E-state index contributed by atoms with van der Waals surface area (Å²) in [5.74, 6) is -0.556. The van der Waals surface area contributed by atoms with E-state index in [1.807, 2.05) is 25.1 Å². The maximum Gasteiger partial charge on any atom is 0.326 e. The summed E-state index contributed by atoms with van der Waals surface area (Å²) >= 11 is 0. The number of pyridine rings is 1. The predicted molar refractivity (Wildman–Crippen MR) is 113 cm³/mol. The molecule has 6 nitrogen and oxygen atoms in total. The van der Waals surface area contributed by atoms with Gasteiger partial charge in [0.2, 0.25) is 0 Å². The van der Waals surface area contributed by atoms with Crippen LogP contribution in [0.4, 0.5) is 20.6 Å². The topological polar surface area (TPSA) is 74.3 Å². The highest BCUT2D eigenvalue weighted by Gasteiger charge is 2.28. The second-order valence-corrected chi connectivity index (χ2v) is 7.12. The molecule has 3 amide bonds. The number of carbonyl (C=O) groups excluding carboxylic acids is 2. The highest BCUT2D eigenvalue weighted by atomic mass is 19.1. The number of hydrogen-bond acceptors (Lipinski definition) is 3. The summed E-state index contributed by atoms with van der Waals surface area (Å²) in [5.41, 5.74) is 3.52. The molecule has 0 spiro atoms. The number of fused-ring (bicyclic) bond motifs is 1. The molecule has 3 aromatic rings. The summed E-state index contributed by atoms with van der Waals surface area (Å²) in [6, 6.07) is 14.2. The minimum Gasteiger partial charge on any atom is -0.345 e. The zero-order valence-electron chi connectivity index (χ0n) is 16.4. The zero-order chi connectivity index (χ0) is 21.1. The van der Waals surface area contributed by atoms with Crippen LogP contribution in [-0.4, -0.2) is 23.5 Å². The van der Waals surface area contributed by atoms with Crippen LogP contribution in [0.3, 0.4) is 0 Å². The Balaban J connectivity index is 1.50. The van der Waals surface area contributed by atoms with Crippen LogP contribution in [0.1, 0.15) is 34.5 Å². The molecule has 2 aromatic carbocycles. The number of nitrogens with zero attached hydrogens (tertiary/aromatic N) is 2. The molecule has 0 unspecified atom stereocenters. The average molecular weight is 404 g/mol. The Labute approximate surface area is 173 Å². The first kappa shape index (κ1) is 19.6. The van der Waals surface area contributed by atoms with Gasteiger partial charge >= 0.3 is 6.03 Å². The number of hydrogen-bond donors (Lipinski definition) is 2. The van der Waals surface area contributed by atoms with E-state index in [2.05, 4.69) is 15.6 Å². The fourth-order valence-corrected chi connectivity index (χ4v) is 3.57. The Kier molecular flexibility index (Phi) is 5.43. The van der Waals surface area contributed by atoms with E-state index in [0.29, 0.717) is 29.9 Å². The molecule has 0 aliphatic carbocycles. The van der Waals surface area contributed by atoms with E-state index in [4.69, 9.17) is 0 Å². The summed E-state index contributed by atoms with van der Waals surface area (Å²) in [6.45, 7) is 2.37. The van der Waals surface area contributed by atoms with Crippen molar-refractivity contribution in [1.82, 2.24) is 10.3 Å². The van der Waals surface area contributed by atoms with E-state index in [1.165, 1.54) is 24.3 Å². The summed E-state index contributed by atoms with van der Waals surface area (Å²) < 4.78 is 13.1. The van der Waals surface area contributed by atoms with Crippen LogP contribution in [0.15, 0.2) is 67.0 Å². The van der Waals surface area contributed by atoms with E-state index in [-0.39, 0.29) is 23.8 Å². The Morgan fingerprint density at radius 3 is 2.63 bits per heavy atom. The average Bonchev–Trinajstić information content (AvgIpc) is 3.20. The third-order valence-electron chi connectivity index (χ3n) is 5.14. The number of urea groups is 1. The molecule has 0 saturated heterocycles. The van der Waals surface area contributed by atoms with Gasteiger partial charge in [0, 0.05) is 35.9 Å². The number of anilines is 2. The third-order valence-corrected chi connectivity index (χ3v) is 5.14. The molecule has 2 N–H and O–H groups in total. The van der Waals surface area contributed by atoms with Crippen molar-refractivity contribution in [1.29, 1.82) is 0 Å². The standard InChI is InChI=1S/C23H21FN4O2/c1-15(16-4-3-12-25-14-16)26-22(29)20-5-2-6-21-19(20)11-13-28(21)23(30)27-18-9-7-17(24)8-10-18/h2-10,12,14-15H,11,13H2,1H3,(H,26,29)(H,27,30)/t15-/m1/s1. The maximum atomic E-state index is 13.1. The molecule has 1 aromatic heterocycles. The highest BCUT2D eigenvalue weighted by Crippen LogP contribution is 2.31. The van der Waals surface area contributed by atoms with Crippen LogP contribution in [0.2, 0.25) is 0 Å². The molecule has 0 fully saturated rings. The van der Waals surface area contributed by atoms with Gasteiger partial charge in [-0.3, -0.25) is 14.7 Å². The van der Waals surface area contributed by atoms with Gasteiger partial charge in [0.25, 0.3) is 5.91 Å². The third kappa shape index (κ3) is 4.00. The van der Waals surface area contributed by atoms with Crippen molar-refractivity contribution in [2.24, 2.45) is 0 Å². The quantitative estimate of drug-likeness (QED) is 0.681. The fourth-order valence-electron chi connectivity index (χ4n) is 3.57. The van der Waals surface area contributed by atoms with Crippen LogP contribution < -0.4 is 15.5 Å². The van der Waals surface area contributed by atoms with Crippen LogP contribution in [0.25, 0.3) is 0 Å². The molecule has 0 bridgehead atoms. The van der Waals surface area contributed by atoms with E-state index in [0.717, 1.165) is 11.1 Å². The second kappa shape index (κ2) is 8.32. The van der Waals surface area contributed by atoms with Gasteiger partial charge in [0.05, 0.1) is 6.04 Å². The minimum atomic E-state index is -0.365. The molecule has 2 heterocycles. The van der Waals surface area contributed by atoms with Crippen molar-refractivity contribution in [2.45, 2.75) is 19.4 Å². The van der Waals surface area contributed by atoms with E-state index in [1.54, 1.807) is 29.4 Å². The Hall–Kier alpha value is -3.74. The molecule has 1 atom stereocenters. The highest BCUT2D eigenvalue weighted by molar-refractivity contribution is 6.05. The van der Waals surface area contributed by atoms with E-state index >= 15 is 0 Å². The Morgan fingerprint density at radius 2 is 1.90 bits per heavy atom. The first-order valence-electron chi connectivity index (χ1n) is 9.69. The molecule has 1 aliphatic rings. The predicted octanol–water partition coefficient (Wildman–Crippen LogP) is 4.31. The van der Waals surface area contributed by atoms with Gasteiger partial charge in [-0.05, 0) is 66.9 Å². The normalized spacial score (nSPS) is 13.5. The zero-order valence-corrected chi connectivity index (χ0v) is 16.4. The molecule has 0 radical (unpaired) electrons. The van der Waals surface area contributed by atoms with Crippen LogP contribution in [0.5, 0.6) is 0 Å². The molecule has 0 saturated carbocycles. The number of benzene rings is 2. The van der Waals surface area contributed by atoms with Crippen LogP contribution in [-0.2, 0) is 6.42 Å². The lowest BCUT2D eigenvalue weighted by molar-refractivity contribution is 0.0939. The smallest absolute Gasteiger partial charge is 0.326 e. The second-order valence-electron chi connectivity index (χ2n) is 7.12. The van der Waals surface area contributed by atoms with Crippen molar-refractivity contribution >= 4 is 23.3 Å². The number of rotatable bonds is 4. The molecular weight excluding hydrogens is 383 g/mol. The largest absolute Gasteiger partial charge is 0.345 e. The number of carbonyl (C=O) groups is 2. The number of nitrogens with one attached hydrogen (secondary N) is 2. The molecular formula is C23H21FN4O2. The van der Waals surface area contributed by atoms with Crippen LogP contribution >= 0.6 is 0 Å². The minimum absolute atomic E-state index is 0.191. The van der Waals surface area contributed by atoms with Gasteiger partial charge in [-0.1, -0.05) is 12.1 Å². The van der Waals surface area contributed by atoms with Gasteiger partial charge in [-0.25, -0.2) is 9.18 Å². The molecule has 152 valence electrons. The van der Waals surface area contributed by atoms with Gasteiger partial charge in [0.1, 0.15) is 5.82 Å². The molecule has 4 rings (SSSR count). The summed E-state index contributed by atoms with van der Waals surface area (Å²) in [5, 5.41) is 5.77. The van der Waals surface area contributed by atoms with Gasteiger partial charge in [-0.15, -0.1) is 0 Å². The van der Waals surface area contributed by atoms with Crippen molar-refractivity contribution in [3.05, 3.63) is 89.5 Å². The summed E-state index contributed by atoms with van der Waals surface area (Å²) in [4.78, 5) is 31.3. The molecule has 1 aliphatic heterocycles. The van der Waals surface area contributed by atoms with E-state index in [9.17, 15) is 14.0 Å².